The molecule has 0 spiro atoms. The molecule has 0 saturated heterocycles. The molecule has 7 nitrogen and oxygen atoms in total. The molecule has 1 atom stereocenters. The Morgan fingerprint density at radius 2 is 1.73 bits per heavy atom. The zero-order chi connectivity index (χ0) is 22.3. The third kappa shape index (κ3) is 6.93. The summed E-state index contributed by atoms with van der Waals surface area (Å²) in [5, 5.41) is 5.87. The number of anilines is 1. The fourth-order valence-corrected chi connectivity index (χ4v) is 2.98. The van der Waals surface area contributed by atoms with Crippen molar-refractivity contribution in [3.63, 3.8) is 0 Å². The molecule has 2 amide bonds. The molecule has 2 aromatic rings. The van der Waals surface area contributed by atoms with E-state index in [4.69, 9.17) is 32.7 Å². The van der Waals surface area contributed by atoms with E-state index in [-0.39, 0.29) is 23.2 Å². The van der Waals surface area contributed by atoms with E-state index in [2.05, 4.69) is 10.6 Å². The van der Waals surface area contributed by atoms with Gasteiger partial charge in [0.15, 0.2) is 12.7 Å². The van der Waals surface area contributed by atoms with Gasteiger partial charge in [-0.25, -0.2) is 4.79 Å². The second-order valence-corrected chi connectivity index (χ2v) is 7.37. The lowest BCUT2D eigenvalue weighted by atomic mass is 10.1. The molecule has 30 heavy (non-hydrogen) atoms. The number of nitrogens with one attached hydrogen (secondary N) is 2. The van der Waals surface area contributed by atoms with Crippen molar-refractivity contribution in [2.45, 2.75) is 26.9 Å². The van der Waals surface area contributed by atoms with Crippen LogP contribution in [-0.2, 0) is 19.1 Å². The zero-order valence-corrected chi connectivity index (χ0v) is 18.3. The topological polar surface area (TPSA) is 93.7 Å². The number of aryl methyl sites for hydroxylation is 2. The number of rotatable bonds is 8. The van der Waals surface area contributed by atoms with Crippen molar-refractivity contribution < 1.29 is 23.9 Å². The highest BCUT2D eigenvalue weighted by Gasteiger charge is 2.19. The fourth-order valence-electron chi connectivity index (χ4n) is 2.52. The number of carbonyl (C=O) groups is 3. The van der Waals surface area contributed by atoms with Gasteiger partial charge in [0.2, 0.25) is 5.91 Å². The molecule has 0 radical (unpaired) electrons. The minimum absolute atomic E-state index is 0.246. The highest BCUT2D eigenvalue weighted by molar-refractivity contribution is 6.35. The van der Waals surface area contributed by atoms with Gasteiger partial charge in [0.25, 0.3) is 5.91 Å². The minimum Gasteiger partial charge on any atom is -0.480 e. The molecule has 160 valence electrons. The summed E-state index contributed by atoms with van der Waals surface area (Å²) < 4.78 is 10.3. The van der Waals surface area contributed by atoms with Crippen molar-refractivity contribution in [1.82, 2.24) is 5.32 Å². The van der Waals surface area contributed by atoms with Crippen molar-refractivity contribution >= 4 is 46.7 Å². The van der Waals surface area contributed by atoms with Crippen LogP contribution in [0.2, 0.25) is 10.0 Å². The van der Waals surface area contributed by atoms with Gasteiger partial charge in [-0.15, -0.1) is 0 Å². The van der Waals surface area contributed by atoms with Crippen LogP contribution in [-0.4, -0.2) is 37.0 Å². The van der Waals surface area contributed by atoms with Crippen LogP contribution in [0.4, 0.5) is 5.69 Å². The van der Waals surface area contributed by atoms with Crippen LogP contribution >= 0.6 is 23.2 Å². The van der Waals surface area contributed by atoms with Gasteiger partial charge >= 0.3 is 5.97 Å². The van der Waals surface area contributed by atoms with Crippen LogP contribution in [0.25, 0.3) is 0 Å². The lowest BCUT2D eigenvalue weighted by Gasteiger charge is -2.15. The van der Waals surface area contributed by atoms with Crippen LogP contribution in [0.1, 0.15) is 18.1 Å². The molecule has 0 unspecified atom stereocenters. The van der Waals surface area contributed by atoms with Crippen LogP contribution < -0.4 is 15.4 Å². The Morgan fingerprint density at radius 1 is 1.07 bits per heavy atom. The second-order valence-electron chi connectivity index (χ2n) is 6.53. The molecular formula is C21H22Cl2N2O5. The van der Waals surface area contributed by atoms with Gasteiger partial charge in [0, 0.05) is 10.7 Å². The lowest BCUT2D eigenvalue weighted by molar-refractivity contribution is -0.156. The molecule has 0 fully saturated rings. The standard InChI is InChI=1S/C21H22Cl2N2O5/c1-12-5-4-6-13(2)20(12)25-18(26)10-24-21(28)14(3)30-19(27)11-29-17-8-7-15(22)9-16(17)23/h4-9,14H,10-11H2,1-3H3,(H,24,28)(H,25,26)/t14-/m0/s1. The SMILES string of the molecule is Cc1cccc(C)c1NC(=O)CNC(=O)[C@H](C)OC(=O)COc1ccc(Cl)cc1Cl. The fraction of sp³-hybridized carbons (Fsp3) is 0.286. The van der Waals surface area contributed by atoms with Crippen molar-refractivity contribution in [2.24, 2.45) is 0 Å². The number of hydrogen-bond donors (Lipinski definition) is 2. The Balaban J connectivity index is 1.77. The first kappa shape index (κ1) is 23.5. The van der Waals surface area contributed by atoms with Gasteiger partial charge < -0.3 is 20.1 Å². The summed E-state index contributed by atoms with van der Waals surface area (Å²) in [5.74, 6) is -1.49. The Kier molecular flexibility index (Phi) is 8.50. The summed E-state index contributed by atoms with van der Waals surface area (Å²) in [5.41, 5.74) is 2.53. The molecule has 0 aliphatic carbocycles. The predicted octanol–water partition coefficient (Wildman–Crippen LogP) is 3.68. The number of hydrogen-bond acceptors (Lipinski definition) is 5. The Hall–Kier alpha value is -2.77. The maximum absolute atomic E-state index is 12.1. The molecule has 0 aromatic heterocycles. The number of benzene rings is 2. The molecule has 2 rings (SSSR count). The van der Waals surface area contributed by atoms with E-state index in [0.717, 1.165) is 11.1 Å². The van der Waals surface area contributed by atoms with Crippen molar-refractivity contribution in [3.05, 3.63) is 57.6 Å². The summed E-state index contributed by atoms with van der Waals surface area (Å²) in [6, 6.07) is 10.2. The largest absolute Gasteiger partial charge is 0.480 e. The van der Waals surface area contributed by atoms with Crippen molar-refractivity contribution in [3.8, 4) is 5.75 Å². The number of para-hydroxylation sites is 1. The van der Waals surface area contributed by atoms with Gasteiger partial charge in [0.1, 0.15) is 5.75 Å². The number of halogens is 2. The number of carbonyl (C=O) groups excluding carboxylic acids is 3. The van der Waals surface area contributed by atoms with E-state index in [1.807, 2.05) is 32.0 Å². The molecule has 0 aliphatic rings. The molecule has 0 saturated carbocycles. The van der Waals surface area contributed by atoms with Gasteiger partial charge in [0.05, 0.1) is 11.6 Å². The first-order chi connectivity index (χ1) is 14.2. The number of ether oxygens (including phenoxy) is 2. The van der Waals surface area contributed by atoms with Crippen molar-refractivity contribution in [1.29, 1.82) is 0 Å². The van der Waals surface area contributed by atoms with E-state index >= 15 is 0 Å². The predicted molar refractivity (Wildman–Crippen MR) is 115 cm³/mol. The van der Waals surface area contributed by atoms with E-state index in [1.54, 1.807) is 6.07 Å². The molecule has 0 bridgehead atoms. The van der Waals surface area contributed by atoms with Gasteiger partial charge in [-0.05, 0) is 50.1 Å². The van der Waals surface area contributed by atoms with Gasteiger partial charge in [-0.1, -0.05) is 41.4 Å². The van der Waals surface area contributed by atoms with Crippen LogP contribution in [0, 0.1) is 13.8 Å². The third-order valence-corrected chi connectivity index (χ3v) is 4.62. The highest BCUT2D eigenvalue weighted by Crippen LogP contribution is 2.27. The monoisotopic (exact) mass is 452 g/mol. The molecule has 0 heterocycles. The van der Waals surface area contributed by atoms with Gasteiger partial charge in [-0.3, -0.25) is 9.59 Å². The second kappa shape index (κ2) is 10.8. The number of amides is 2. The highest BCUT2D eigenvalue weighted by atomic mass is 35.5. The summed E-state index contributed by atoms with van der Waals surface area (Å²) in [6.07, 6.45) is -1.10. The summed E-state index contributed by atoms with van der Waals surface area (Å²) >= 11 is 11.7. The molecule has 9 heteroatoms. The first-order valence-electron chi connectivity index (χ1n) is 9.08. The number of esters is 1. The van der Waals surface area contributed by atoms with Crippen LogP contribution in [0.15, 0.2) is 36.4 Å². The summed E-state index contributed by atoms with van der Waals surface area (Å²) in [7, 11) is 0. The minimum atomic E-state index is -1.10. The third-order valence-electron chi connectivity index (χ3n) is 4.09. The Morgan fingerprint density at radius 3 is 2.37 bits per heavy atom. The molecule has 2 aromatic carbocycles. The maximum atomic E-state index is 12.1. The van der Waals surface area contributed by atoms with E-state index < -0.39 is 24.6 Å². The Bertz CT molecular complexity index is 929. The normalized spacial score (nSPS) is 11.4. The molecule has 0 aliphatic heterocycles. The van der Waals surface area contributed by atoms with Crippen molar-refractivity contribution in [2.75, 3.05) is 18.5 Å². The average Bonchev–Trinajstić information content (AvgIpc) is 2.68. The lowest BCUT2D eigenvalue weighted by Crippen LogP contribution is -2.40. The van der Waals surface area contributed by atoms with E-state index in [0.29, 0.717) is 10.7 Å². The first-order valence-corrected chi connectivity index (χ1v) is 9.84. The Labute approximate surface area is 184 Å². The molecule has 2 N–H and O–H groups in total. The van der Waals surface area contributed by atoms with E-state index in [1.165, 1.54) is 19.1 Å². The zero-order valence-electron chi connectivity index (χ0n) is 16.8. The maximum Gasteiger partial charge on any atom is 0.344 e. The van der Waals surface area contributed by atoms with Crippen LogP contribution in [0.3, 0.4) is 0 Å². The summed E-state index contributed by atoms with van der Waals surface area (Å²) in [6.45, 7) is 4.45. The average molecular weight is 453 g/mol. The quantitative estimate of drug-likeness (QED) is 0.595. The van der Waals surface area contributed by atoms with E-state index in [9.17, 15) is 14.4 Å². The molecular weight excluding hydrogens is 431 g/mol. The van der Waals surface area contributed by atoms with Crippen LogP contribution in [0.5, 0.6) is 5.75 Å². The smallest absolute Gasteiger partial charge is 0.344 e. The summed E-state index contributed by atoms with van der Waals surface area (Å²) in [4.78, 5) is 36.1. The van der Waals surface area contributed by atoms with Gasteiger partial charge in [-0.2, -0.15) is 0 Å².